The number of carbonyl (C=O) groups excluding carboxylic acids is 1. The van der Waals surface area contributed by atoms with E-state index in [1.165, 1.54) is 6.92 Å². The summed E-state index contributed by atoms with van der Waals surface area (Å²) in [5.74, 6) is -0.666. The van der Waals surface area contributed by atoms with E-state index in [0.29, 0.717) is 11.3 Å². The van der Waals surface area contributed by atoms with Crippen molar-refractivity contribution in [2.24, 2.45) is 0 Å². The number of hydrogen-bond donors (Lipinski definition) is 2. The molecule has 0 spiro atoms. The van der Waals surface area contributed by atoms with Crippen molar-refractivity contribution in [1.29, 1.82) is 0 Å². The molecule has 2 atom stereocenters. The Morgan fingerprint density at radius 3 is 2.81 bits per heavy atom. The molecule has 1 aromatic carbocycles. The molecule has 1 rings (SSSR count). The van der Waals surface area contributed by atoms with Crippen LogP contribution in [0.15, 0.2) is 24.3 Å². The van der Waals surface area contributed by atoms with E-state index < -0.39 is 23.2 Å². The molecule has 0 aliphatic heterocycles. The molecule has 0 aromatic heterocycles. The van der Waals surface area contributed by atoms with Gasteiger partial charge in [-0.25, -0.2) is 4.21 Å². The van der Waals surface area contributed by atoms with E-state index in [1.54, 1.807) is 24.3 Å². The topological polar surface area (TPSA) is 89.6 Å². The largest absolute Gasteiger partial charge is 0.457 e. The number of rotatable bonds is 4. The van der Waals surface area contributed by atoms with Crippen LogP contribution in [0.5, 0.6) is 0 Å². The number of nitrogens with two attached hydrogens (primary N) is 1. The van der Waals surface area contributed by atoms with E-state index in [-0.39, 0.29) is 5.75 Å². The second kappa shape index (κ2) is 5.62. The molecule has 0 heterocycles. The Kier molecular flexibility index (Phi) is 4.45. The lowest BCUT2D eigenvalue weighted by atomic mass is 10.1. The SMILES string of the molecule is CC(=O)OC(CS(=O)O)c1cccc(N)c1. The van der Waals surface area contributed by atoms with Crippen molar-refractivity contribution in [2.75, 3.05) is 11.5 Å². The van der Waals surface area contributed by atoms with Crippen LogP contribution in [0.1, 0.15) is 18.6 Å². The molecule has 0 radical (unpaired) electrons. The van der Waals surface area contributed by atoms with Crippen LogP contribution in [-0.2, 0) is 20.6 Å². The van der Waals surface area contributed by atoms with Crippen molar-refractivity contribution in [3.05, 3.63) is 29.8 Å². The average molecular weight is 243 g/mol. The summed E-state index contributed by atoms with van der Waals surface area (Å²) in [7, 11) is 0. The molecule has 1 aromatic rings. The van der Waals surface area contributed by atoms with Gasteiger partial charge in [0, 0.05) is 12.6 Å². The maximum absolute atomic E-state index is 10.9. The van der Waals surface area contributed by atoms with Gasteiger partial charge in [-0.15, -0.1) is 0 Å². The van der Waals surface area contributed by atoms with E-state index in [0.717, 1.165) is 0 Å². The van der Waals surface area contributed by atoms with Crippen molar-refractivity contribution in [2.45, 2.75) is 13.0 Å². The molecule has 0 aliphatic rings. The number of hydrogen-bond acceptors (Lipinski definition) is 4. The number of anilines is 1. The van der Waals surface area contributed by atoms with Gasteiger partial charge in [-0.1, -0.05) is 12.1 Å². The van der Waals surface area contributed by atoms with Gasteiger partial charge in [0.25, 0.3) is 0 Å². The van der Waals surface area contributed by atoms with Crippen LogP contribution >= 0.6 is 0 Å². The normalized spacial score (nSPS) is 14.1. The first-order valence-electron chi connectivity index (χ1n) is 4.59. The van der Waals surface area contributed by atoms with Crippen molar-refractivity contribution in [1.82, 2.24) is 0 Å². The molecular formula is C10H13NO4S. The standard InChI is InChI=1S/C10H13NO4S/c1-7(12)15-10(6-16(13)14)8-3-2-4-9(11)5-8/h2-5,10H,6,11H2,1H3,(H,13,14). The minimum Gasteiger partial charge on any atom is -0.457 e. The van der Waals surface area contributed by atoms with Crippen molar-refractivity contribution < 1.29 is 18.3 Å². The molecule has 6 heteroatoms. The van der Waals surface area contributed by atoms with Gasteiger partial charge < -0.3 is 15.0 Å². The van der Waals surface area contributed by atoms with Crippen LogP contribution in [0, 0.1) is 0 Å². The number of esters is 1. The van der Waals surface area contributed by atoms with Gasteiger partial charge in [-0.3, -0.25) is 4.79 Å². The molecule has 2 unspecified atom stereocenters. The predicted octanol–water partition coefficient (Wildman–Crippen LogP) is 1.09. The van der Waals surface area contributed by atoms with Gasteiger partial charge in [0.1, 0.15) is 6.10 Å². The van der Waals surface area contributed by atoms with Gasteiger partial charge >= 0.3 is 5.97 Å². The van der Waals surface area contributed by atoms with Gasteiger partial charge in [0.15, 0.2) is 11.1 Å². The van der Waals surface area contributed by atoms with Crippen molar-refractivity contribution in [3.63, 3.8) is 0 Å². The molecule has 5 nitrogen and oxygen atoms in total. The van der Waals surface area contributed by atoms with E-state index in [1.807, 2.05) is 0 Å². The zero-order valence-corrected chi connectivity index (χ0v) is 9.57. The summed E-state index contributed by atoms with van der Waals surface area (Å²) in [5.41, 5.74) is 6.70. The van der Waals surface area contributed by atoms with E-state index in [9.17, 15) is 9.00 Å². The average Bonchev–Trinajstić information content (AvgIpc) is 2.15. The fourth-order valence-corrected chi connectivity index (χ4v) is 1.81. The summed E-state index contributed by atoms with van der Waals surface area (Å²) in [4.78, 5) is 10.9. The number of carbonyl (C=O) groups is 1. The molecule has 0 bridgehead atoms. The van der Waals surface area contributed by atoms with Crippen LogP contribution in [0.25, 0.3) is 0 Å². The molecule has 88 valence electrons. The molecule has 0 aliphatic carbocycles. The Morgan fingerprint density at radius 2 is 2.31 bits per heavy atom. The number of ether oxygens (including phenoxy) is 1. The van der Waals surface area contributed by atoms with Gasteiger partial charge in [0.2, 0.25) is 0 Å². The highest BCUT2D eigenvalue weighted by Gasteiger charge is 2.17. The van der Waals surface area contributed by atoms with Crippen LogP contribution in [0.4, 0.5) is 5.69 Å². The first-order chi connectivity index (χ1) is 7.49. The minimum atomic E-state index is -2.04. The van der Waals surface area contributed by atoms with Crippen molar-refractivity contribution >= 4 is 22.7 Å². The van der Waals surface area contributed by atoms with E-state index in [2.05, 4.69) is 0 Å². The molecular weight excluding hydrogens is 230 g/mol. The van der Waals surface area contributed by atoms with Crippen LogP contribution < -0.4 is 5.73 Å². The highest BCUT2D eigenvalue weighted by molar-refractivity contribution is 7.79. The number of nitrogen functional groups attached to an aromatic ring is 1. The van der Waals surface area contributed by atoms with E-state index in [4.69, 9.17) is 15.0 Å². The van der Waals surface area contributed by atoms with Gasteiger partial charge in [-0.2, -0.15) is 0 Å². The van der Waals surface area contributed by atoms with Gasteiger partial charge in [0.05, 0.1) is 5.75 Å². The summed E-state index contributed by atoms with van der Waals surface area (Å²) in [5, 5.41) is 0. The molecule has 3 N–H and O–H groups in total. The summed E-state index contributed by atoms with van der Waals surface area (Å²) in [6.45, 7) is 1.25. The predicted molar refractivity (Wildman–Crippen MR) is 61.0 cm³/mol. The summed E-state index contributed by atoms with van der Waals surface area (Å²) >= 11 is -2.04. The van der Waals surface area contributed by atoms with E-state index >= 15 is 0 Å². The Labute approximate surface area is 95.9 Å². The molecule has 0 amide bonds. The Balaban J connectivity index is 2.90. The quantitative estimate of drug-likeness (QED) is 0.469. The lowest BCUT2D eigenvalue weighted by Crippen LogP contribution is -2.15. The Hall–Kier alpha value is -1.40. The summed E-state index contributed by atoms with van der Waals surface area (Å²) < 4.78 is 24.5. The smallest absolute Gasteiger partial charge is 0.303 e. The Bertz CT molecular complexity index is 392. The first-order valence-corrected chi connectivity index (χ1v) is 5.86. The fourth-order valence-electron chi connectivity index (χ4n) is 1.29. The van der Waals surface area contributed by atoms with Crippen LogP contribution in [0.2, 0.25) is 0 Å². The third-order valence-corrected chi connectivity index (χ3v) is 2.47. The third-order valence-electron chi connectivity index (χ3n) is 1.88. The van der Waals surface area contributed by atoms with Crippen molar-refractivity contribution in [3.8, 4) is 0 Å². The molecule has 0 saturated carbocycles. The fraction of sp³-hybridized carbons (Fsp3) is 0.300. The maximum Gasteiger partial charge on any atom is 0.303 e. The number of benzene rings is 1. The lowest BCUT2D eigenvalue weighted by Gasteiger charge is -2.15. The minimum absolute atomic E-state index is 0.164. The second-order valence-electron chi connectivity index (χ2n) is 3.26. The van der Waals surface area contributed by atoms with Crippen LogP contribution in [0.3, 0.4) is 0 Å². The maximum atomic E-state index is 10.9. The first kappa shape index (κ1) is 12.7. The highest BCUT2D eigenvalue weighted by atomic mass is 32.2. The van der Waals surface area contributed by atoms with Gasteiger partial charge in [-0.05, 0) is 17.7 Å². The monoisotopic (exact) mass is 243 g/mol. The summed E-state index contributed by atoms with van der Waals surface area (Å²) in [6, 6.07) is 6.68. The highest BCUT2D eigenvalue weighted by Crippen LogP contribution is 2.20. The lowest BCUT2D eigenvalue weighted by molar-refractivity contribution is -0.145. The third kappa shape index (κ3) is 4.00. The Morgan fingerprint density at radius 1 is 1.62 bits per heavy atom. The summed E-state index contributed by atoms with van der Waals surface area (Å²) in [6.07, 6.45) is -0.744. The molecule has 0 saturated heterocycles. The molecule has 16 heavy (non-hydrogen) atoms. The zero-order valence-electron chi connectivity index (χ0n) is 8.75. The van der Waals surface area contributed by atoms with Crippen LogP contribution in [-0.4, -0.2) is 20.5 Å². The molecule has 0 fully saturated rings. The zero-order chi connectivity index (χ0) is 12.1. The second-order valence-corrected chi connectivity index (χ2v) is 4.23.